The van der Waals surface area contributed by atoms with Gasteiger partial charge in [-0.2, -0.15) is 0 Å². The number of unbranched alkanes of at least 4 members (excludes halogenated alkanes) is 28. The molecule has 0 bridgehead atoms. The van der Waals surface area contributed by atoms with Gasteiger partial charge in [0.2, 0.25) is 0 Å². The summed E-state index contributed by atoms with van der Waals surface area (Å²) in [5.74, 6) is 0.0493. The lowest BCUT2D eigenvalue weighted by atomic mass is 9.80. The first kappa shape index (κ1) is 42.5. The Morgan fingerprint density at radius 1 is 0.395 bits per heavy atom. The highest BCUT2D eigenvalue weighted by Crippen LogP contribution is 2.32. The second kappa shape index (κ2) is 34.3. The van der Waals surface area contributed by atoms with Crippen LogP contribution >= 0.6 is 0 Å². The molecule has 1 atom stereocenters. The molecule has 0 aromatic rings. The fourth-order valence-electron chi connectivity index (χ4n) is 6.61. The number of ether oxygens (including phenoxy) is 1. The van der Waals surface area contributed by atoms with E-state index in [-0.39, 0.29) is 11.4 Å². The van der Waals surface area contributed by atoms with E-state index in [9.17, 15) is 4.79 Å². The van der Waals surface area contributed by atoms with Crippen molar-refractivity contribution in [2.75, 3.05) is 6.61 Å². The Kier molecular flexibility index (Phi) is 33.9. The third-order valence-electron chi connectivity index (χ3n) is 9.83. The highest BCUT2D eigenvalue weighted by Gasteiger charge is 2.25. The Balaban J connectivity index is 4.11. The Morgan fingerprint density at radius 2 is 0.651 bits per heavy atom. The van der Waals surface area contributed by atoms with Crippen molar-refractivity contribution in [3.05, 3.63) is 0 Å². The zero-order valence-corrected chi connectivity index (χ0v) is 30.6. The third-order valence-corrected chi connectivity index (χ3v) is 9.83. The average Bonchev–Trinajstić information content (AvgIpc) is 3.01. The molecule has 0 rings (SSSR count). The van der Waals surface area contributed by atoms with Crippen LogP contribution in [0.2, 0.25) is 0 Å². The standard InChI is InChI=1S/C41H82O2/c1-5-8-11-14-17-20-22-23-24-25-27-30-33-36-40(42)43-39-41(4,37-34-31-28-19-16-13-10-7-3)38-35-32-29-26-21-18-15-12-9-6-2/h5-39H2,1-4H3. The predicted molar refractivity (Wildman–Crippen MR) is 193 cm³/mol. The minimum Gasteiger partial charge on any atom is -0.465 e. The summed E-state index contributed by atoms with van der Waals surface area (Å²) in [6, 6.07) is 0. The van der Waals surface area contributed by atoms with Crippen LogP contribution in [0.25, 0.3) is 0 Å². The van der Waals surface area contributed by atoms with Gasteiger partial charge in [0.15, 0.2) is 0 Å². The van der Waals surface area contributed by atoms with E-state index in [0.29, 0.717) is 13.0 Å². The van der Waals surface area contributed by atoms with E-state index in [1.807, 2.05) is 0 Å². The Morgan fingerprint density at radius 3 is 0.953 bits per heavy atom. The molecule has 258 valence electrons. The summed E-state index contributed by atoms with van der Waals surface area (Å²) in [6.07, 6.45) is 45.2. The predicted octanol–water partition coefficient (Wildman–Crippen LogP) is 14.9. The maximum Gasteiger partial charge on any atom is 0.305 e. The van der Waals surface area contributed by atoms with Crippen LogP contribution in [0.1, 0.15) is 246 Å². The van der Waals surface area contributed by atoms with E-state index < -0.39 is 0 Å². The van der Waals surface area contributed by atoms with Gasteiger partial charge in [0, 0.05) is 11.8 Å². The smallest absolute Gasteiger partial charge is 0.305 e. The van der Waals surface area contributed by atoms with E-state index in [1.165, 1.54) is 205 Å². The van der Waals surface area contributed by atoms with Gasteiger partial charge < -0.3 is 4.74 Å². The normalized spacial score (nSPS) is 12.9. The molecule has 1 unspecified atom stereocenters. The fraction of sp³-hybridized carbons (Fsp3) is 0.976. The fourth-order valence-corrected chi connectivity index (χ4v) is 6.61. The Bertz CT molecular complexity index is 544. The van der Waals surface area contributed by atoms with Gasteiger partial charge in [-0.05, 0) is 19.3 Å². The van der Waals surface area contributed by atoms with Gasteiger partial charge in [-0.3, -0.25) is 4.79 Å². The second-order valence-electron chi connectivity index (χ2n) is 14.6. The number of rotatable bonds is 36. The zero-order chi connectivity index (χ0) is 31.5. The van der Waals surface area contributed by atoms with Gasteiger partial charge in [0.25, 0.3) is 0 Å². The molecular weight excluding hydrogens is 524 g/mol. The molecule has 43 heavy (non-hydrogen) atoms. The van der Waals surface area contributed by atoms with Gasteiger partial charge in [0.05, 0.1) is 6.61 Å². The lowest BCUT2D eigenvalue weighted by molar-refractivity contribution is -0.147. The van der Waals surface area contributed by atoms with Gasteiger partial charge >= 0.3 is 5.97 Å². The minimum absolute atomic E-state index is 0.0493. The van der Waals surface area contributed by atoms with Crippen LogP contribution in [-0.2, 0) is 9.53 Å². The summed E-state index contributed by atoms with van der Waals surface area (Å²) in [5, 5.41) is 0. The summed E-state index contributed by atoms with van der Waals surface area (Å²) in [7, 11) is 0. The molecule has 0 spiro atoms. The van der Waals surface area contributed by atoms with Crippen molar-refractivity contribution in [3.63, 3.8) is 0 Å². The number of hydrogen-bond acceptors (Lipinski definition) is 2. The van der Waals surface area contributed by atoms with Crippen molar-refractivity contribution in [1.82, 2.24) is 0 Å². The highest BCUT2D eigenvalue weighted by molar-refractivity contribution is 5.69. The van der Waals surface area contributed by atoms with Crippen molar-refractivity contribution >= 4 is 5.97 Å². The third kappa shape index (κ3) is 32.7. The first-order valence-electron chi connectivity index (χ1n) is 20.2. The molecule has 2 heteroatoms. The van der Waals surface area contributed by atoms with Crippen LogP contribution in [0.3, 0.4) is 0 Å². The monoisotopic (exact) mass is 607 g/mol. The number of carbonyl (C=O) groups is 1. The van der Waals surface area contributed by atoms with E-state index >= 15 is 0 Å². The maximum absolute atomic E-state index is 12.6. The number of hydrogen-bond donors (Lipinski definition) is 0. The largest absolute Gasteiger partial charge is 0.465 e. The molecular formula is C41H82O2. The van der Waals surface area contributed by atoms with E-state index in [2.05, 4.69) is 27.7 Å². The Labute approximate surface area is 273 Å². The molecule has 0 heterocycles. The molecule has 0 aliphatic rings. The van der Waals surface area contributed by atoms with Crippen molar-refractivity contribution in [3.8, 4) is 0 Å². The molecule has 0 radical (unpaired) electrons. The molecule has 0 aliphatic carbocycles. The minimum atomic E-state index is 0.0493. The van der Waals surface area contributed by atoms with Crippen LogP contribution in [0.4, 0.5) is 0 Å². The highest BCUT2D eigenvalue weighted by atomic mass is 16.5. The van der Waals surface area contributed by atoms with E-state index in [4.69, 9.17) is 4.74 Å². The van der Waals surface area contributed by atoms with Gasteiger partial charge in [-0.25, -0.2) is 0 Å². The summed E-state index contributed by atoms with van der Waals surface area (Å²) in [5.41, 5.74) is 0.161. The molecule has 2 nitrogen and oxygen atoms in total. The van der Waals surface area contributed by atoms with Crippen molar-refractivity contribution in [2.24, 2.45) is 5.41 Å². The van der Waals surface area contributed by atoms with Crippen molar-refractivity contribution in [1.29, 1.82) is 0 Å². The molecule has 0 N–H and O–H groups in total. The summed E-state index contributed by atoms with van der Waals surface area (Å²) >= 11 is 0. The molecule has 0 amide bonds. The van der Waals surface area contributed by atoms with E-state index in [0.717, 1.165) is 6.42 Å². The summed E-state index contributed by atoms with van der Waals surface area (Å²) < 4.78 is 5.94. The first-order chi connectivity index (χ1) is 21.1. The Hall–Kier alpha value is -0.530. The van der Waals surface area contributed by atoms with Gasteiger partial charge in [0.1, 0.15) is 0 Å². The molecule has 0 aliphatic heterocycles. The molecule has 0 aromatic carbocycles. The van der Waals surface area contributed by atoms with Crippen LogP contribution in [-0.4, -0.2) is 12.6 Å². The summed E-state index contributed by atoms with van der Waals surface area (Å²) in [6.45, 7) is 9.92. The quantitative estimate of drug-likeness (QED) is 0.0524. The molecule has 0 saturated heterocycles. The topological polar surface area (TPSA) is 26.3 Å². The van der Waals surface area contributed by atoms with Gasteiger partial charge in [-0.1, -0.05) is 220 Å². The lowest BCUT2D eigenvalue weighted by Gasteiger charge is -2.29. The van der Waals surface area contributed by atoms with E-state index in [1.54, 1.807) is 0 Å². The van der Waals surface area contributed by atoms with Crippen molar-refractivity contribution < 1.29 is 9.53 Å². The SMILES string of the molecule is CCCCCCCCCCCCCCCC(=O)OCC(C)(CCCCCCCCCC)CCCCCCCCCCCC. The second-order valence-corrected chi connectivity index (χ2v) is 14.6. The zero-order valence-electron chi connectivity index (χ0n) is 30.6. The molecule has 0 aromatic heterocycles. The molecule has 0 saturated carbocycles. The van der Waals surface area contributed by atoms with Crippen molar-refractivity contribution in [2.45, 2.75) is 246 Å². The van der Waals surface area contributed by atoms with Crippen LogP contribution in [0.15, 0.2) is 0 Å². The van der Waals surface area contributed by atoms with Crippen LogP contribution < -0.4 is 0 Å². The first-order valence-corrected chi connectivity index (χ1v) is 20.2. The molecule has 0 fully saturated rings. The lowest BCUT2D eigenvalue weighted by Crippen LogP contribution is -2.25. The maximum atomic E-state index is 12.6. The summed E-state index contributed by atoms with van der Waals surface area (Å²) in [4.78, 5) is 12.6. The number of esters is 1. The number of carbonyl (C=O) groups excluding carboxylic acids is 1. The van der Waals surface area contributed by atoms with Crippen LogP contribution in [0, 0.1) is 5.41 Å². The average molecular weight is 607 g/mol. The van der Waals surface area contributed by atoms with Gasteiger partial charge in [-0.15, -0.1) is 0 Å². The van der Waals surface area contributed by atoms with Crippen LogP contribution in [0.5, 0.6) is 0 Å².